The first-order valence-electron chi connectivity index (χ1n) is 8.93. The fourth-order valence-electron chi connectivity index (χ4n) is 3.24. The van der Waals surface area contributed by atoms with Gasteiger partial charge in [0.1, 0.15) is 5.75 Å². The number of aryl methyl sites for hydroxylation is 2. The van der Waals surface area contributed by atoms with Gasteiger partial charge in [0.2, 0.25) is 5.91 Å². The average Bonchev–Trinajstić information content (AvgIpc) is 3.07. The van der Waals surface area contributed by atoms with E-state index < -0.39 is 0 Å². The van der Waals surface area contributed by atoms with Crippen LogP contribution in [0.2, 0.25) is 0 Å². The van der Waals surface area contributed by atoms with Crippen molar-refractivity contribution in [2.75, 3.05) is 11.9 Å². The molecule has 1 atom stereocenters. The number of ether oxygens (including phenoxy) is 1. The van der Waals surface area contributed by atoms with Crippen molar-refractivity contribution >= 4 is 17.5 Å². The van der Waals surface area contributed by atoms with Crippen LogP contribution in [0.1, 0.15) is 43.0 Å². The topological polar surface area (TPSA) is 67.4 Å². The summed E-state index contributed by atoms with van der Waals surface area (Å²) in [5.41, 5.74) is 4.34. The molecule has 0 aliphatic heterocycles. The second-order valence-corrected chi connectivity index (χ2v) is 6.67. The van der Waals surface area contributed by atoms with Gasteiger partial charge in [-0.05, 0) is 67.1 Å². The number of hydrogen-bond acceptors (Lipinski definition) is 3. The van der Waals surface area contributed by atoms with E-state index in [2.05, 4.69) is 16.7 Å². The summed E-state index contributed by atoms with van der Waals surface area (Å²) in [5, 5.41) is 5.67. The first-order chi connectivity index (χ1) is 12.5. The number of hydrogen-bond donors (Lipinski definition) is 2. The van der Waals surface area contributed by atoms with Gasteiger partial charge in [-0.15, -0.1) is 0 Å². The highest BCUT2D eigenvalue weighted by atomic mass is 16.5. The molecule has 0 saturated carbocycles. The molecule has 1 aliphatic rings. The molecular formula is C21H24N2O3. The van der Waals surface area contributed by atoms with E-state index in [-0.39, 0.29) is 24.5 Å². The Kier molecular flexibility index (Phi) is 5.56. The molecule has 26 heavy (non-hydrogen) atoms. The molecule has 2 aromatic carbocycles. The summed E-state index contributed by atoms with van der Waals surface area (Å²) in [4.78, 5) is 23.4. The maximum absolute atomic E-state index is 12.2. The Bertz CT molecular complexity index is 817. The van der Waals surface area contributed by atoms with Crippen LogP contribution >= 0.6 is 0 Å². The van der Waals surface area contributed by atoms with E-state index in [9.17, 15) is 9.59 Å². The fraction of sp³-hybridized carbons (Fsp3) is 0.333. The van der Waals surface area contributed by atoms with E-state index in [0.717, 1.165) is 24.2 Å². The van der Waals surface area contributed by atoms with Crippen molar-refractivity contribution in [3.05, 3.63) is 59.2 Å². The second kappa shape index (κ2) is 8.04. The highest BCUT2D eigenvalue weighted by molar-refractivity contribution is 5.88. The summed E-state index contributed by atoms with van der Waals surface area (Å²) in [6.45, 7) is 3.35. The van der Waals surface area contributed by atoms with E-state index in [4.69, 9.17) is 4.74 Å². The van der Waals surface area contributed by atoms with E-state index in [1.807, 2.05) is 43.3 Å². The average molecular weight is 352 g/mol. The van der Waals surface area contributed by atoms with Crippen molar-refractivity contribution in [3.63, 3.8) is 0 Å². The minimum Gasteiger partial charge on any atom is -0.484 e. The molecule has 2 aromatic rings. The van der Waals surface area contributed by atoms with Crippen LogP contribution in [0.4, 0.5) is 5.69 Å². The first kappa shape index (κ1) is 18.0. The Labute approximate surface area is 153 Å². The molecule has 136 valence electrons. The monoisotopic (exact) mass is 352 g/mol. The van der Waals surface area contributed by atoms with Gasteiger partial charge in [-0.2, -0.15) is 0 Å². The van der Waals surface area contributed by atoms with Gasteiger partial charge in [0.15, 0.2) is 6.61 Å². The second-order valence-electron chi connectivity index (χ2n) is 6.67. The Morgan fingerprint density at radius 1 is 1.12 bits per heavy atom. The maximum atomic E-state index is 12.2. The van der Waals surface area contributed by atoms with E-state index in [0.29, 0.717) is 5.69 Å². The normalized spacial score (nSPS) is 13.6. The molecule has 2 amide bonds. The summed E-state index contributed by atoms with van der Waals surface area (Å²) in [6.07, 6.45) is 3.40. The van der Waals surface area contributed by atoms with Crippen LogP contribution in [-0.2, 0) is 22.4 Å². The van der Waals surface area contributed by atoms with Gasteiger partial charge in [-0.3, -0.25) is 9.59 Å². The molecule has 0 radical (unpaired) electrons. The molecule has 0 saturated heterocycles. The Hall–Kier alpha value is -2.82. The third-order valence-electron chi connectivity index (χ3n) is 4.52. The van der Waals surface area contributed by atoms with E-state index >= 15 is 0 Å². The quantitative estimate of drug-likeness (QED) is 0.837. The van der Waals surface area contributed by atoms with Gasteiger partial charge >= 0.3 is 0 Å². The van der Waals surface area contributed by atoms with Crippen LogP contribution < -0.4 is 15.4 Å². The summed E-state index contributed by atoms with van der Waals surface area (Å²) < 4.78 is 5.64. The minimum absolute atomic E-state index is 0.0193. The number of nitrogens with one attached hydrogen (secondary N) is 2. The third-order valence-corrected chi connectivity index (χ3v) is 4.52. The first-order valence-corrected chi connectivity index (χ1v) is 8.93. The lowest BCUT2D eigenvalue weighted by atomic mass is 10.1. The number of amides is 2. The highest BCUT2D eigenvalue weighted by Gasteiger charge is 2.13. The van der Waals surface area contributed by atoms with Gasteiger partial charge in [0, 0.05) is 12.6 Å². The number of rotatable bonds is 6. The maximum Gasteiger partial charge on any atom is 0.258 e. The third kappa shape index (κ3) is 4.63. The molecule has 0 fully saturated rings. The predicted octanol–water partition coefficient (Wildman–Crippen LogP) is 3.39. The highest BCUT2D eigenvalue weighted by Crippen LogP contribution is 2.26. The van der Waals surface area contributed by atoms with Crippen molar-refractivity contribution in [2.45, 2.75) is 39.2 Å². The van der Waals surface area contributed by atoms with Crippen LogP contribution in [0.25, 0.3) is 0 Å². The molecule has 1 aliphatic carbocycles. The number of carbonyl (C=O) groups excluding carboxylic acids is 2. The molecule has 5 heteroatoms. The molecular weight excluding hydrogens is 328 g/mol. The largest absolute Gasteiger partial charge is 0.484 e. The lowest BCUT2D eigenvalue weighted by Gasteiger charge is -2.16. The summed E-state index contributed by atoms with van der Waals surface area (Å²) in [5.74, 6) is 0.436. The van der Waals surface area contributed by atoms with Crippen molar-refractivity contribution in [3.8, 4) is 5.75 Å². The number of fused-ring (bicyclic) bond motifs is 1. The molecule has 3 rings (SSSR count). The zero-order valence-corrected chi connectivity index (χ0v) is 15.2. The Balaban J connectivity index is 1.53. The number of benzene rings is 2. The SMILES string of the molecule is CC(=O)Nc1cccc(C(C)NC(=O)COc2ccc3c(c2)CCC3)c1. The van der Waals surface area contributed by atoms with Gasteiger partial charge in [-0.25, -0.2) is 0 Å². The van der Waals surface area contributed by atoms with Crippen molar-refractivity contribution in [2.24, 2.45) is 0 Å². The molecule has 1 unspecified atom stereocenters. The van der Waals surface area contributed by atoms with Gasteiger partial charge < -0.3 is 15.4 Å². The van der Waals surface area contributed by atoms with Crippen LogP contribution in [0, 0.1) is 0 Å². The summed E-state index contributed by atoms with van der Waals surface area (Å²) >= 11 is 0. The molecule has 0 aromatic heterocycles. The van der Waals surface area contributed by atoms with E-state index in [1.54, 1.807) is 0 Å². The Morgan fingerprint density at radius 3 is 2.73 bits per heavy atom. The van der Waals surface area contributed by atoms with Crippen LogP contribution in [0.15, 0.2) is 42.5 Å². The smallest absolute Gasteiger partial charge is 0.258 e. The molecule has 5 nitrogen and oxygen atoms in total. The summed E-state index contributed by atoms with van der Waals surface area (Å²) in [7, 11) is 0. The molecule has 0 heterocycles. The van der Waals surface area contributed by atoms with Crippen LogP contribution in [0.3, 0.4) is 0 Å². The van der Waals surface area contributed by atoms with Crippen molar-refractivity contribution < 1.29 is 14.3 Å². The van der Waals surface area contributed by atoms with Gasteiger partial charge in [-0.1, -0.05) is 18.2 Å². The van der Waals surface area contributed by atoms with Crippen molar-refractivity contribution in [1.82, 2.24) is 5.32 Å². The number of carbonyl (C=O) groups is 2. The van der Waals surface area contributed by atoms with Crippen LogP contribution in [0.5, 0.6) is 5.75 Å². The molecule has 0 bridgehead atoms. The summed E-state index contributed by atoms with van der Waals surface area (Å²) in [6, 6.07) is 13.3. The van der Waals surface area contributed by atoms with Gasteiger partial charge in [0.05, 0.1) is 6.04 Å². The minimum atomic E-state index is -0.181. The lowest BCUT2D eigenvalue weighted by molar-refractivity contribution is -0.123. The number of anilines is 1. The lowest BCUT2D eigenvalue weighted by Crippen LogP contribution is -2.31. The predicted molar refractivity (Wildman–Crippen MR) is 101 cm³/mol. The Morgan fingerprint density at radius 2 is 1.92 bits per heavy atom. The van der Waals surface area contributed by atoms with Gasteiger partial charge in [0.25, 0.3) is 5.91 Å². The molecule has 2 N–H and O–H groups in total. The fourth-order valence-corrected chi connectivity index (χ4v) is 3.24. The van der Waals surface area contributed by atoms with Crippen molar-refractivity contribution in [1.29, 1.82) is 0 Å². The standard InChI is InChI=1S/C21H24N2O3/c1-14(17-6-4-8-19(11-17)23-15(2)24)22-21(25)13-26-20-10-9-16-5-3-7-18(16)12-20/h4,6,8-12,14H,3,5,7,13H2,1-2H3,(H,22,25)(H,23,24). The zero-order valence-electron chi connectivity index (χ0n) is 15.2. The van der Waals surface area contributed by atoms with E-state index in [1.165, 1.54) is 24.5 Å². The van der Waals surface area contributed by atoms with Crippen LogP contribution in [-0.4, -0.2) is 18.4 Å². The molecule has 0 spiro atoms. The zero-order chi connectivity index (χ0) is 18.5.